The molecule has 0 unspecified atom stereocenters. The fourth-order valence-electron chi connectivity index (χ4n) is 3.33. The Morgan fingerprint density at radius 2 is 1.86 bits per heavy atom. The summed E-state index contributed by atoms with van der Waals surface area (Å²) in [6.07, 6.45) is 8.27. The van der Waals surface area contributed by atoms with Gasteiger partial charge in [0, 0.05) is 11.6 Å². The van der Waals surface area contributed by atoms with Gasteiger partial charge in [-0.15, -0.1) is 0 Å². The molecule has 4 nitrogen and oxygen atoms in total. The van der Waals surface area contributed by atoms with E-state index in [1.54, 1.807) is 13.0 Å². The molecule has 1 aliphatic rings. The Kier molecular flexibility index (Phi) is 4.95. The van der Waals surface area contributed by atoms with Crippen LogP contribution >= 0.6 is 0 Å². The minimum atomic E-state index is -0.347. The number of nitriles is 1. The molecule has 0 bridgehead atoms. The van der Waals surface area contributed by atoms with E-state index in [1.807, 2.05) is 6.07 Å². The van der Waals surface area contributed by atoms with Crippen LogP contribution in [0.5, 0.6) is 0 Å². The minimum Gasteiger partial charge on any atom is -0.258 e. The largest absolute Gasteiger partial charge is 0.272 e. The standard InChI is InChI=1S/C17H22N2O2/c1-14-15(8-7-9-16(14)19(20)21)12-17(13-18)10-5-3-2-4-6-11-17/h7-9H,2-6,10-12H2,1H3. The summed E-state index contributed by atoms with van der Waals surface area (Å²) in [5.41, 5.74) is 1.47. The van der Waals surface area contributed by atoms with Crippen LogP contribution in [0, 0.1) is 33.8 Å². The van der Waals surface area contributed by atoms with Crippen molar-refractivity contribution in [3.8, 4) is 6.07 Å². The van der Waals surface area contributed by atoms with Crippen molar-refractivity contribution < 1.29 is 4.92 Å². The third-order valence-corrected chi connectivity index (χ3v) is 4.69. The van der Waals surface area contributed by atoms with E-state index < -0.39 is 0 Å². The van der Waals surface area contributed by atoms with Crippen LogP contribution in [0.1, 0.15) is 56.1 Å². The second-order valence-corrected chi connectivity index (χ2v) is 6.16. The molecule has 0 saturated heterocycles. The van der Waals surface area contributed by atoms with Crippen LogP contribution in [0.2, 0.25) is 0 Å². The molecule has 0 amide bonds. The van der Waals surface area contributed by atoms with Gasteiger partial charge in [0.25, 0.3) is 5.69 Å². The topological polar surface area (TPSA) is 66.9 Å². The molecule has 1 saturated carbocycles. The molecule has 2 rings (SSSR count). The van der Waals surface area contributed by atoms with Crippen LogP contribution in [0.25, 0.3) is 0 Å². The van der Waals surface area contributed by atoms with Gasteiger partial charge in [-0.1, -0.05) is 44.2 Å². The van der Waals surface area contributed by atoms with E-state index in [2.05, 4.69) is 6.07 Å². The maximum Gasteiger partial charge on any atom is 0.272 e. The first-order valence-corrected chi connectivity index (χ1v) is 7.72. The SMILES string of the molecule is Cc1c(CC2(C#N)CCCCCCC2)cccc1[N+](=O)[O-]. The second kappa shape index (κ2) is 6.71. The van der Waals surface area contributed by atoms with Crippen LogP contribution in [0.15, 0.2) is 18.2 Å². The van der Waals surface area contributed by atoms with Crippen LogP contribution in [-0.4, -0.2) is 4.92 Å². The van der Waals surface area contributed by atoms with Gasteiger partial charge < -0.3 is 0 Å². The number of rotatable bonds is 3. The molecule has 0 aromatic heterocycles. The molecule has 21 heavy (non-hydrogen) atoms. The maximum atomic E-state index is 11.1. The Labute approximate surface area is 125 Å². The van der Waals surface area contributed by atoms with Gasteiger partial charge in [0.2, 0.25) is 0 Å². The molecule has 0 spiro atoms. The predicted molar refractivity (Wildman–Crippen MR) is 81.9 cm³/mol. The summed E-state index contributed by atoms with van der Waals surface area (Å²) < 4.78 is 0. The number of nitro benzene ring substituents is 1. The van der Waals surface area contributed by atoms with E-state index in [0.29, 0.717) is 12.0 Å². The summed E-state index contributed by atoms with van der Waals surface area (Å²) in [7, 11) is 0. The van der Waals surface area contributed by atoms with Gasteiger partial charge in [0.15, 0.2) is 0 Å². The van der Waals surface area contributed by atoms with E-state index in [0.717, 1.165) is 31.2 Å². The van der Waals surface area contributed by atoms with E-state index in [1.165, 1.54) is 25.3 Å². The van der Waals surface area contributed by atoms with Gasteiger partial charge in [-0.2, -0.15) is 5.26 Å². The molecule has 0 atom stereocenters. The average molecular weight is 286 g/mol. The van der Waals surface area contributed by atoms with E-state index in [9.17, 15) is 15.4 Å². The number of nitrogens with zero attached hydrogens (tertiary/aromatic N) is 2. The smallest absolute Gasteiger partial charge is 0.258 e. The number of nitro groups is 1. The van der Waals surface area contributed by atoms with Crippen molar-refractivity contribution in [2.24, 2.45) is 5.41 Å². The molecule has 1 aromatic rings. The third kappa shape index (κ3) is 3.60. The first-order chi connectivity index (χ1) is 10.1. The summed E-state index contributed by atoms with van der Waals surface area (Å²) in [6.45, 7) is 1.79. The van der Waals surface area contributed by atoms with E-state index in [-0.39, 0.29) is 16.0 Å². The molecule has 1 aliphatic carbocycles. The van der Waals surface area contributed by atoms with Crippen molar-refractivity contribution >= 4 is 5.69 Å². The zero-order valence-corrected chi connectivity index (χ0v) is 12.6. The fourth-order valence-corrected chi connectivity index (χ4v) is 3.33. The summed E-state index contributed by atoms with van der Waals surface area (Å²) in [6, 6.07) is 7.74. The van der Waals surface area contributed by atoms with Gasteiger partial charge in [-0.05, 0) is 31.7 Å². The van der Waals surface area contributed by atoms with Crippen molar-refractivity contribution in [2.75, 3.05) is 0 Å². The van der Waals surface area contributed by atoms with Gasteiger partial charge >= 0.3 is 0 Å². The normalized spacial score (nSPS) is 18.3. The van der Waals surface area contributed by atoms with Gasteiger partial charge in [0.1, 0.15) is 0 Å². The summed E-state index contributed by atoms with van der Waals surface area (Å²) in [4.78, 5) is 10.7. The maximum absolute atomic E-state index is 11.1. The molecule has 0 radical (unpaired) electrons. The Hall–Kier alpha value is -1.89. The van der Waals surface area contributed by atoms with Crippen molar-refractivity contribution in [2.45, 2.75) is 58.3 Å². The zero-order chi connectivity index (χ0) is 15.3. The molecule has 4 heteroatoms. The summed E-state index contributed by atoms with van der Waals surface area (Å²) >= 11 is 0. The number of benzene rings is 1. The predicted octanol–water partition coefficient (Wildman–Crippen LogP) is 4.70. The van der Waals surface area contributed by atoms with E-state index >= 15 is 0 Å². The van der Waals surface area contributed by atoms with Crippen molar-refractivity contribution in [1.29, 1.82) is 5.26 Å². The first kappa shape index (κ1) is 15.5. The van der Waals surface area contributed by atoms with Crippen molar-refractivity contribution in [3.05, 3.63) is 39.4 Å². The molecule has 0 aliphatic heterocycles. The van der Waals surface area contributed by atoms with Crippen LogP contribution in [-0.2, 0) is 6.42 Å². The average Bonchev–Trinajstić information content (AvgIpc) is 2.44. The monoisotopic (exact) mass is 286 g/mol. The summed E-state index contributed by atoms with van der Waals surface area (Å²) in [5, 5.41) is 20.8. The molecule has 0 heterocycles. The van der Waals surface area contributed by atoms with E-state index in [4.69, 9.17) is 0 Å². The van der Waals surface area contributed by atoms with Crippen molar-refractivity contribution in [3.63, 3.8) is 0 Å². The van der Waals surface area contributed by atoms with Crippen molar-refractivity contribution in [1.82, 2.24) is 0 Å². The molecular formula is C17H22N2O2. The minimum absolute atomic E-state index is 0.159. The zero-order valence-electron chi connectivity index (χ0n) is 12.6. The number of hydrogen-bond acceptors (Lipinski definition) is 3. The second-order valence-electron chi connectivity index (χ2n) is 6.16. The highest BCUT2D eigenvalue weighted by molar-refractivity contribution is 5.45. The highest BCUT2D eigenvalue weighted by Crippen LogP contribution is 2.38. The quantitative estimate of drug-likeness (QED) is 0.597. The Morgan fingerprint density at radius 1 is 1.24 bits per heavy atom. The Bertz CT molecular complexity index is 552. The van der Waals surface area contributed by atoms with Gasteiger partial charge in [-0.3, -0.25) is 10.1 Å². The number of hydrogen-bond donors (Lipinski definition) is 0. The Balaban J connectivity index is 2.27. The highest BCUT2D eigenvalue weighted by Gasteiger charge is 2.31. The molecule has 112 valence electrons. The lowest BCUT2D eigenvalue weighted by atomic mass is 9.73. The van der Waals surface area contributed by atoms with Gasteiger partial charge in [-0.25, -0.2) is 0 Å². The molecule has 0 N–H and O–H groups in total. The first-order valence-electron chi connectivity index (χ1n) is 7.72. The molecule has 1 aromatic carbocycles. The van der Waals surface area contributed by atoms with Gasteiger partial charge in [0.05, 0.1) is 16.4 Å². The fraction of sp³-hybridized carbons (Fsp3) is 0.588. The lowest BCUT2D eigenvalue weighted by molar-refractivity contribution is -0.385. The lowest BCUT2D eigenvalue weighted by Crippen LogP contribution is -2.23. The third-order valence-electron chi connectivity index (χ3n) is 4.69. The molecule has 1 fully saturated rings. The van der Waals surface area contributed by atoms with Crippen LogP contribution in [0.4, 0.5) is 5.69 Å². The van der Waals surface area contributed by atoms with Crippen LogP contribution in [0.3, 0.4) is 0 Å². The molecular weight excluding hydrogens is 264 g/mol. The lowest BCUT2D eigenvalue weighted by Gasteiger charge is -2.29. The highest BCUT2D eigenvalue weighted by atomic mass is 16.6. The Morgan fingerprint density at radius 3 is 2.43 bits per heavy atom. The van der Waals surface area contributed by atoms with Crippen LogP contribution < -0.4 is 0 Å². The summed E-state index contributed by atoms with van der Waals surface area (Å²) in [5.74, 6) is 0.